The Labute approximate surface area is 116 Å². The molecule has 98 valence electrons. The second kappa shape index (κ2) is 7.01. The molecule has 1 heteroatoms. The molecule has 1 nitrogen and oxygen atoms in total. The zero-order chi connectivity index (χ0) is 13.5. The van der Waals surface area contributed by atoms with Crippen molar-refractivity contribution in [2.24, 2.45) is 5.92 Å². The van der Waals surface area contributed by atoms with Gasteiger partial charge in [0.15, 0.2) is 6.07 Å². The van der Waals surface area contributed by atoms with Crippen LogP contribution >= 0.6 is 0 Å². The van der Waals surface area contributed by atoms with Crippen molar-refractivity contribution in [3.63, 3.8) is 0 Å². The zero-order valence-electron chi connectivity index (χ0n) is 11.7. The van der Waals surface area contributed by atoms with E-state index in [4.69, 9.17) is 5.26 Å². The molecule has 2 rings (SSSR count). The van der Waals surface area contributed by atoms with Crippen LogP contribution in [0.25, 0.3) is 0 Å². The summed E-state index contributed by atoms with van der Waals surface area (Å²) in [7, 11) is 0. The Morgan fingerprint density at radius 3 is 2.37 bits per heavy atom. The van der Waals surface area contributed by atoms with Gasteiger partial charge in [-0.1, -0.05) is 37.8 Å². The fraction of sp³-hybridized carbons (Fsp3) is 0.500. The molecule has 0 aromatic heterocycles. The highest BCUT2D eigenvalue weighted by atomic mass is 14.3. The summed E-state index contributed by atoms with van der Waals surface area (Å²) in [4.78, 5) is 0. The lowest BCUT2D eigenvalue weighted by molar-refractivity contribution is 0.308. The minimum absolute atomic E-state index is 0.728. The first-order valence-electron chi connectivity index (χ1n) is 7.33. The average Bonchev–Trinajstić information content (AvgIpc) is 2.47. The summed E-state index contributed by atoms with van der Waals surface area (Å²) >= 11 is 0. The first kappa shape index (κ1) is 13.7. The fourth-order valence-corrected chi connectivity index (χ4v) is 3.13. The Morgan fingerprint density at radius 1 is 1.11 bits per heavy atom. The number of hydrogen-bond acceptors (Lipinski definition) is 1. The van der Waals surface area contributed by atoms with Crippen LogP contribution < -0.4 is 0 Å². The van der Waals surface area contributed by atoms with Crippen molar-refractivity contribution in [1.82, 2.24) is 0 Å². The highest BCUT2D eigenvalue weighted by molar-refractivity contribution is 5.39. The number of benzene rings is 1. The average molecular weight is 251 g/mol. The van der Waals surface area contributed by atoms with Gasteiger partial charge in [-0.15, -0.1) is 0 Å². The molecule has 0 aliphatic heterocycles. The second-order valence-corrected chi connectivity index (χ2v) is 5.49. The van der Waals surface area contributed by atoms with Gasteiger partial charge in [-0.25, -0.2) is 0 Å². The molecule has 0 unspecified atom stereocenters. The lowest BCUT2D eigenvalue weighted by Crippen LogP contribution is -2.13. The molecule has 0 saturated heterocycles. The van der Waals surface area contributed by atoms with Crippen LogP contribution in [-0.4, -0.2) is 0 Å². The number of nitriles is 1. The number of rotatable bonds is 3. The maximum absolute atomic E-state index is 8.43. The van der Waals surface area contributed by atoms with Crippen LogP contribution in [0.3, 0.4) is 0 Å². The molecular weight excluding hydrogens is 230 g/mol. The molecule has 0 atom stereocenters. The standard InChI is InChI=1S/C18H21N/c1-2-4-15-6-10-17(11-7-15)18-12-8-16(9-13-18)5-3-14-19/h8-9,12-13,15,17H,2,4,6-7,10-11H2,1H3/t15-,17-. The minimum Gasteiger partial charge on any atom is -0.183 e. The largest absolute Gasteiger partial charge is 0.183 e. The van der Waals surface area contributed by atoms with Crippen molar-refractivity contribution in [1.29, 1.82) is 5.26 Å². The predicted molar refractivity (Wildman–Crippen MR) is 78.5 cm³/mol. The zero-order valence-corrected chi connectivity index (χ0v) is 11.7. The summed E-state index contributed by atoms with van der Waals surface area (Å²) in [6.07, 6.45) is 8.14. The van der Waals surface area contributed by atoms with Gasteiger partial charge >= 0.3 is 0 Å². The summed E-state index contributed by atoms with van der Waals surface area (Å²) < 4.78 is 0. The molecule has 1 aromatic rings. The van der Waals surface area contributed by atoms with Gasteiger partial charge < -0.3 is 0 Å². The van der Waals surface area contributed by atoms with E-state index in [0.717, 1.165) is 17.4 Å². The van der Waals surface area contributed by atoms with E-state index in [9.17, 15) is 0 Å². The van der Waals surface area contributed by atoms with Gasteiger partial charge in [0.2, 0.25) is 0 Å². The van der Waals surface area contributed by atoms with Crippen LogP contribution in [0.5, 0.6) is 0 Å². The molecule has 1 aliphatic carbocycles. The van der Waals surface area contributed by atoms with Crippen LogP contribution in [0.4, 0.5) is 0 Å². The van der Waals surface area contributed by atoms with Gasteiger partial charge in [0.05, 0.1) is 0 Å². The van der Waals surface area contributed by atoms with E-state index in [2.05, 4.69) is 30.9 Å². The Balaban J connectivity index is 1.95. The van der Waals surface area contributed by atoms with Crippen molar-refractivity contribution >= 4 is 0 Å². The molecule has 0 spiro atoms. The van der Waals surface area contributed by atoms with E-state index in [0.29, 0.717) is 0 Å². The molecule has 1 aliphatic rings. The van der Waals surface area contributed by atoms with E-state index < -0.39 is 0 Å². The van der Waals surface area contributed by atoms with Crippen molar-refractivity contribution in [3.05, 3.63) is 35.4 Å². The molecular formula is C18H21N. The van der Waals surface area contributed by atoms with Crippen LogP contribution in [-0.2, 0) is 0 Å². The lowest BCUT2D eigenvalue weighted by atomic mass is 9.77. The Kier molecular flexibility index (Phi) is 5.05. The lowest BCUT2D eigenvalue weighted by Gasteiger charge is -2.28. The first-order chi connectivity index (χ1) is 9.33. The van der Waals surface area contributed by atoms with E-state index in [1.807, 2.05) is 18.2 Å². The molecule has 1 fully saturated rings. The van der Waals surface area contributed by atoms with Gasteiger partial charge in [-0.2, -0.15) is 5.26 Å². The molecule has 0 amide bonds. The Bertz CT molecular complexity index is 487. The quantitative estimate of drug-likeness (QED) is 0.718. The number of hydrogen-bond donors (Lipinski definition) is 0. The molecule has 0 N–H and O–H groups in total. The predicted octanol–water partition coefficient (Wildman–Crippen LogP) is 4.64. The third-order valence-corrected chi connectivity index (χ3v) is 4.19. The molecule has 1 aromatic carbocycles. The second-order valence-electron chi connectivity index (χ2n) is 5.49. The van der Waals surface area contributed by atoms with Crippen LogP contribution in [0, 0.1) is 29.1 Å². The van der Waals surface area contributed by atoms with Crippen molar-refractivity contribution in [2.45, 2.75) is 51.4 Å². The van der Waals surface area contributed by atoms with Gasteiger partial charge in [-0.05, 0) is 55.2 Å². The molecule has 0 bridgehead atoms. The van der Waals surface area contributed by atoms with Crippen LogP contribution in [0.1, 0.15) is 62.5 Å². The van der Waals surface area contributed by atoms with Crippen molar-refractivity contribution in [3.8, 4) is 17.9 Å². The SMILES string of the molecule is CCC[C@H]1CC[C@H](c2ccc(C#CC#N)cc2)CC1. The molecule has 1 saturated carbocycles. The van der Waals surface area contributed by atoms with E-state index >= 15 is 0 Å². The van der Waals surface area contributed by atoms with E-state index in [-0.39, 0.29) is 0 Å². The molecule has 19 heavy (non-hydrogen) atoms. The topological polar surface area (TPSA) is 23.8 Å². The molecule has 0 radical (unpaired) electrons. The van der Waals surface area contributed by atoms with Crippen LogP contribution in [0.2, 0.25) is 0 Å². The smallest absolute Gasteiger partial charge is 0.152 e. The van der Waals surface area contributed by atoms with E-state index in [1.165, 1.54) is 44.1 Å². The van der Waals surface area contributed by atoms with Crippen molar-refractivity contribution < 1.29 is 0 Å². The highest BCUT2D eigenvalue weighted by Crippen LogP contribution is 2.37. The maximum atomic E-state index is 8.43. The van der Waals surface area contributed by atoms with Gasteiger partial charge in [0, 0.05) is 11.5 Å². The van der Waals surface area contributed by atoms with E-state index in [1.54, 1.807) is 0 Å². The first-order valence-corrected chi connectivity index (χ1v) is 7.33. The van der Waals surface area contributed by atoms with Crippen molar-refractivity contribution in [2.75, 3.05) is 0 Å². The Morgan fingerprint density at radius 2 is 1.79 bits per heavy atom. The Hall–Kier alpha value is -1.73. The fourth-order valence-electron chi connectivity index (χ4n) is 3.13. The summed E-state index contributed by atoms with van der Waals surface area (Å²) in [6, 6.07) is 10.3. The van der Waals surface area contributed by atoms with Crippen LogP contribution in [0.15, 0.2) is 24.3 Å². The minimum atomic E-state index is 0.728. The van der Waals surface area contributed by atoms with Gasteiger partial charge in [-0.3, -0.25) is 0 Å². The van der Waals surface area contributed by atoms with Gasteiger partial charge in [0.25, 0.3) is 0 Å². The normalized spacial score (nSPS) is 22.1. The maximum Gasteiger partial charge on any atom is 0.152 e. The number of nitrogens with zero attached hydrogens (tertiary/aromatic N) is 1. The third-order valence-electron chi connectivity index (χ3n) is 4.19. The van der Waals surface area contributed by atoms with Gasteiger partial charge in [0.1, 0.15) is 0 Å². The third kappa shape index (κ3) is 3.87. The molecule has 0 heterocycles. The summed E-state index contributed by atoms with van der Waals surface area (Å²) in [5, 5.41) is 8.43. The monoisotopic (exact) mass is 251 g/mol. The summed E-state index contributed by atoms with van der Waals surface area (Å²) in [5.41, 5.74) is 2.38. The summed E-state index contributed by atoms with van der Waals surface area (Å²) in [5.74, 6) is 6.96. The summed E-state index contributed by atoms with van der Waals surface area (Å²) in [6.45, 7) is 2.28. The highest BCUT2D eigenvalue weighted by Gasteiger charge is 2.21.